The predicted octanol–water partition coefficient (Wildman–Crippen LogP) is 1.40. The van der Waals surface area contributed by atoms with Gasteiger partial charge in [-0.2, -0.15) is 0 Å². The molecule has 2 heterocycles. The Morgan fingerprint density at radius 3 is 2.75 bits per heavy atom. The summed E-state index contributed by atoms with van der Waals surface area (Å²) in [5.74, 6) is -0.114. The van der Waals surface area contributed by atoms with Crippen LogP contribution < -0.4 is 5.14 Å². The number of hydrogen-bond donors (Lipinski definition) is 1. The SMILES string of the molecule is NS(=O)(=O)C1CCN(C(=O)c2cc3ccccc3s2)C1. The van der Waals surface area contributed by atoms with Crippen molar-refractivity contribution in [1.82, 2.24) is 4.90 Å². The van der Waals surface area contributed by atoms with Crippen molar-refractivity contribution < 1.29 is 13.2 Å². The second-order valence-electron chi connectivity index (χ2n) is 4.90. The molecule has 0 aliphatic carbocycles. The number of thiophene rings is 1. The summed E-state index contributed by atoms with van der Waals surface area (Å²) < 4.78 is 23.7. The largest absolute Gasteiger partial charge is 0.337 e. The van der Waals surface area contributed by atoms with E-state index in [2.05, 4.69) is 0 Å². The molecule has 2 aromatic rings. The number of nitrogens with two attached hydrogens (primary N) is 1. The number of carbonyl (C=O) groups excluding carboxylic acids is 1. The number of carbonyl (C=O) groups is 1. The third-order valence-corrected chi connectivity index (χ3v) is 5.95. The van der Waals surface area contributed by atoms with Crippen molar-refractivity contribution in [2.75, 3.05) is 13.1 Å². The number of fused-ring (bicyclic) bond motifs is 1. The molecule has 1 aliphatic rings. The molecule has 1 fully saturated rings. The van der Waals surface area contributed by atoms with E-state index in [1.54, 1.807) is 4.90 Å². The van der Waals surface area contributed by atoms with E-state index in [4.69, 9.17) is 5.14 Å². The highest BCUT2D eigenvalue weighted by molar-refractivity contribution is 7.89. The summed E-state index contributed by atoms with van der Waals surface area (Å²) in [6, 6.07) is 9.64. The summed E-state index contributed by atoms with van der Waals surface area (Å²) in [5.41, 5.74) is 0. The van der Waals surface area contributed by atoms with Gasteiger partial charge in [-0.25, -0.2) is 13.6 Å². The van der Waals surface area contributed by atoms with Gasteiger partial charge < -0.3 is 4.90 Å². The highest BCUT2D eigenvalue weighted by Crippen LogP contribution is 2.27. The van der Waals surface area contributed by atoms with Gasteiger partial charge in [0.15, 0.2) is 0 Å². The molecule has 1 saturated heterocycles. The second-order valence-corrected chi connectivity index (χ2v) is 7.83. The van der Waals surface area contributed by atoms with Crippen molar-refractivity contribution in [3.05, 3.63) is 35.2 Å². The van der Waals surface area contributed by atoms with Crippen LogP contribution in [0.3, 0.4) is 0 Å². The van der Waals surface area contributed by atoms with Gasteiger partial charge >= 0.3 is 0 Å². The third kappa shape index (κ3) is 2.44. The molecule has 0 radical (unpaired) electrons. The minimum atomic E-state index is -3.57. The lowest BCUT2D eigenvalue weighted by Crippen LogP contribution is -2.34. The van der Waals surface area contributed by atoms with E-state index in [0.717, 1.165) is 10.1 Å². The van der Waals surface area contributed by atoms with Crippen molar-refractivity contribution >= 4 is 37.4 Å². The fraction of sp³-hybridized carbons (Fsp3) is 0.308. The first-order valence-electron chi connectivity index (χ1n) is 6.24. The molecule has 1 atom stereocenters. The quantitative estimate of drug-likeness (QED) is 0.910. The Bertz CT molecular complexity index is 734. The van der Waals surface area contributed by atoms with Gasteiger partial charge in [0.25, 0.3) is 5.91 Å². The topological polar surface area (TPSA) is 80.5 Å². The molecule has 1 aliphatic heterocycles. The van der Waals surface area contributed by atoms with Crippen LogP contribution >= 0.6 is 11.3 Å². The summed E-state index contributed by atoms with van der Waals surface area (Å²) in [4.78, 5) is 14.6. The first-order chi connectivity index (χ1) is 9.45. The molecule has 3 rings (SSSR count). The van der Waals surface area contributed by atoms with E-state index in [-0.39, 0.29) is 12.5 Å². The number of nitrogens with zero attached hydrogens (tertiary/aromatic N) is 1. The lowest BCUT2D eigenvalue weighted by atomic mass is 10.2. The molecule has 1 aromatic carbocycles. The summed E-state index contributed by atoms with van der Waals surface area (Å²) in [6.45, 7) is 0.625. The van der Waals surface area contributed by atoms with E-state index < -0.39 is 15.3 Å². The average molecular weight is 310 g/mol. The molecule has 20 heavy (non-hydrogen) atoms. The maximum absolute atomic E-state index is 12.4. The second kappa shape index (κ2) is 4.83. The van der Waals surface area contributed by atoms with Crippen molar-refractivity contribution in [3.8, 4) is 0 Å². The summed E-state index contributed by atoms with van der Waals surface area (Å²) in [7, 11) is -3.57. The van der Waals surface area contributed by atoms with Crippen LogP contribution in [0.1, 0.15) is 16.1 Å². The Balaban J connectivity index is 1.83. The highest BCUT2D eigenvalue weighted by Gasteiger charge is 2.33. The van der Waals surface area contributed by atoms with Crippen LogP contribution in [-0.2, 0) is 10.0 Å². The van der Waals surface area contributed by atoms with Crippen molar-refractivity contribution in [2.24, 2.45) is 5.14 Å². The molecule has 0 spiro atoms. The minimum absolute atomic E-state index is 0.114. The molecule has 106 valence electrons. The predicted molar refractivity (Wildman–Crippen MR) is 79.2 cm³/mol. The number of primary sulfonamides is 1. The molecular weight excluding hydrogens is 296 g/mol. The van der Waals surface area contributed by atoms with Gasteiger partial charge in [-0.05, 0) is 23.9 Å². The van der Waals surface area contributed by atoms with Crippen LogP contribution in [0.25, 0.3) is 10.1 Å². The summed E-state index contributed by atoms with van der Waals surface area (Å²) in [6.07, 6.45) is 0.412. The maximum Gasteiger partial charge on any atom is 0.264 e. The van der Waals surface area contributed by atoms with E-state index in [1.807, 2.05) is 30.3 Å². The normalized spacial score (nSPS) is 19.6. The molecule has 7 heteroatoms. The van der Waals surface area contributed by atoms with E-state index in [1.165, 1.54) is 11.3 Å². The number of sulfonamides is 1. The van der Waals surface area contributed by atoms with Crippen LogP contribution in [0.5, 0.6) is 0 Å². The number of rotatable bonds is 2. The standard InChI is InChI=1S/C13H14N2O3S2/c14-20(17,18)10-5-6-15(8-10)13(16)12-7-9-3-1-2-4-11(9)19-12/h1-4,7,10H,5-6,8H2,(H2,14,17,18). The van der Waals surface area contributed by atoms with Gasteiger partial charge in [-0.15, -0.1) is 11.3 Å². The van der Waals surface area contributed by atoms with E-state index in [0.29, 0.717) is 17.8 Å². The Morgan fingerprint density at radius 1 is 1.35 bits per heavy atom. The molecule has 1 aromatic heterocycles. The van der Waals surface area contributed by atoms with E-state index in [9.17, 15) is 13.2 Å². The van der Waals surface area contributed by atoms with Gasteiger partial charge in [0.05, 0.1) is 10.1 Å². The third-order valence-electron chi connectivity index (χ3n) is 3.53. The summed E-state index contributed by atoms with van der Waals surface area (Å²) in [5, 5.41) is 5.53. The molecular formula is C13H14N2O3S2. The fourth-order valence-electron chi connectivity index (χ4n) is 2.42. The first kappa shape index (κ1) is 13.5. The van der Waals surface area contributed by atoms with Gasteiger partial charge in [0, 0.05) is 17.8 Å². The van der Waals surface area contributed by atoms with Crippen LogP contribution in [0.2, 0.25) is 0 Å². The zero-order valence-corrected chi connectivity index (χ0v) is 12.3. The zero-order chi connectivity index (χ0) is 14.3. The van der Waals surface area contributed by atoms with Crippen LogP contribution in [0, 0.1) is 0 Å². The van der Waals surface area contributed by atoms with Gasteiger partial charge in [0.1, 0.15) is 0 Å². The smallest absolute Gasteiger partial charge is 0.264 e. The molecule has 5 nitrogen and oxygen atoms in total. The maximum atomic E-state index is 12.4. The Kier molecular flexibility index (Phi) is 3.27. The number of hydrogen-bond acceptors (Lipinski definition) is 4. The number of amides is 1. The molecule has 0 saturated carbocycles. The van der Waals surface area contributed by atoms with Crippen molar-refractivity contribution in [2.45, 2.75) is 11.7 Å². The van der Waals surface area contributed by atoms with Gasteiger partial charge in [-0.1, -0.05) is 18.2 Å². The average Bonchev–Trinajstić information content (AvgIpc) is 3.04. The molecule has 1 amide bonds. The Labute approximate surface area is 121 Å². The summed E-state index contributed by atoms with van der Waals surface area (Å²) >= 11 is 1.43. The van der Waals surface area contributed by atoms with Crippen molar-refractivity contribution in [1.29, 1.82) is 0 Å². The number of likely N-dealkylation sites (tertiary alicyclic amines) is 1. The lowest BCUT2D eigenvalue weighted by Gasteiger charge is -2.14. The van der Waals surface area contributed by atoms with Gasteiger partial charge in [-0.3, -0.25) is 4.79 Å². The highest BCUT2D eigenvalue weighted by atomic mass is 32.2. The van der Waals surface area contributed by atoms with Gasteiger partial charge in [0.2, 0.25) is 10.0 Å². The van der Waals surface area contributed by atoms with Crippen LogP contribution in [0.15, 0.2) is 30.3 Å². The lowest BCUT2D eigenvalue weighted by molar-refractivity contribution is 0.0798. The minimum Gasteiger partial charge on any atom is -0.337 e. The fourth-order valence-corrected chi connectivity index (χ4v) is 4.28. The van der Waals surface area contributed by atoms with E-state index >= 15 is 0 Å². The molecule has 1 unspecified atom stereocenters. The Morgan fingerprint density at radius 2 is 2.10 bits per heavy atom. The molecule has 2 N–H and O–H groups in total. The first-order valence-corrected chi connectivity index (χ1v) is 8.67. The number of benzene rings is 1. The monoisotopic (exact) mass is 310 g/mol. The molecule has 0 bridgehead atoms. The van der Waals surface area contributed by atoms with Crippen LogP contribution in [0.4, 0.5) is 0 Å². The Hall–Kier alpha value is -1.44. The van der Waals surface area contributed by atoms with Crippen molar-refractivity contribution in [3.63, 3.8) is 0 Å². The van der Waals surface area contributed by atoms with Crippen LogP contribution in [-0.4, -0.2) is 37.6 Å². The zero-order valence-electron chi connectivity index (χ0n) is 10.7.